The Morgan fingerprint density at radius 3 is 2.33 bits per heavy atom. The van der Waals surface area contributed by atoms with Gasteiger partial charge in [0.05, 0.1) is 11.4 Å². The van der Waals surface area contributed by atoms with Crippen LogP contribution in [0.4, 0.5) is 0 Å². The molecule has 4 aromatic rings. The van der Waals surface area contributed by atoms with Crippen molar-refractivity contribution < 1.29 is 0 Å². The van der Waals surface area contributed by atoms with Crippen LogP contribution in [0.3, 0.4) is 0 Å². The lowest BCUT2D eigenvalue weighted by Gasteiger charge is -2.08. The van der Waals surface area contributed by atoms with Crippen molar-refractivity contribution in [3.8, 4) is 11.3 Å². The molecule has 0 saturated heterocycles. The molecule has 3 heteroatoms. The first-order chi connectivity index (χ1) is 13.2. The number of aromatic nitrogens is 2. The molecule has 0 bridgehead atoms. The Bertz CT molecular complexity index is 1030. The summed E-state index contributed by atoms with van der Waals surface area (Å²) in [5.74, 6) is 0. The molecule has 0 atom stereocenters. The summed E-state index contributed by atoms with van der Waals surface area (Å²) in [6.07, 6.45) is 3.14. The van der Waals surface area contributed by atoms with Crippen molar-refractivity contribution in [3.63, 3.8) is 0 Å². The highest BCUT2D eigenvalue weighted by Gasteiger charge is 2.13. The van der Waals surface area contributed by atoms with Crippen LogP contribution in [0.2, 0.25) is 0 Å². The number of benzene rings is 2. The Hall–Kier alpha value is -2.91. The minimum absolute atomic E-state index is 0.768. The molecule has 2 aromatic heterocycles. The molecule has 0 saturated carbocycles. The maximum atomic E-state index is 4.90. The number of aryl methyl sites for hydroxylation is 2. The first kappa shape index (κ1) is 17.5. The maximum Gasteiger partial charge on any atom is 0.137 e. The first-order valence-corrected chi connectivity index (χ1v) is 9.56. The Morgan fingerprint density at radius 2 is 1.59 bits per heavy atom. The number of nitrogens with one attached hydrogen (secondary N) is 1. The van der Waals surface area contributed by atoms with E-state index in [9.17, 15) is 0 Å². The highest BCUT2D eigenvalue weighted by molar-refractivity contribution is 5.66. The van der Waals surface area contributed by atoms with Crippen molar-refractivity contribution in [1.29, 1.82) is 0 Å². The van der Waals surface area contributed by atoms with Gasteiger partial charge in [0.25, 0.3) is 0 Å². The van der Waals surface area contributed by atoms with Crippen molar-refractivity contribution in [2.24, 2.45) is 0 Å². The number of pyridine rings is 1. The second-order valence-corrected chi connectivity index (χ2v) is 6.98. The number of hydrogen-bond acceptors (Lipinski definition) is 2. The van der Waals surface area contributed by atoms with Gasteiger partial charge in [-0.3, -0.25) is 0 Å². The smallest absolute Gasteiger partial charge is 0.137 e. The van der Waals surface area contributed by atoms with Crippen molar-refractivity contribution in [1.82, 2.24) is 14.7 Å². The summed E-state index contributed by atoms with van der Waals surface area (Å²) in [6, 6.07) is 23.6. The summed E-state index contributed by atoms with van der Waals surface area (Å²) in [4.78, 5) is 4.90. The van der Waals surface area contributed by atoms with Gasteiger partial charge in [0.2, 0.25) is 0 Å². The second-order valence-electron chi connectivity index (χ2n) is 6.98. The molecule has 0 aliphatic heterocycles. The molecular weight excluding hydrogens is 330 g/mol. The van der Waals surface area contributed by atoms with Gasteiger partial charge in [0.15, 0.2) is 0 Å². The van der Waals surface area contributed by atoms with Gasteiger partial charge in [-0.1, -0.05) is 67.1 Å². The quantitative estimate of drug-likeness (QED) is 0.517. The van der Waals surface area contributed by atoms with Crippen molar-refractivity contribution in [2.75, 3.05) is 0 Å². The molecule has 0 aliphatic rings. The molecule has 136 valence electrons. The van der Waals surface area contributed by atoms with Crippen LogP contribution in [-0.4, -0.2) is 9.38 Å². The number of imidazole rings is 1. The third-order valence-corrected chi connectivity index (χ3v) is 5.01. The fourth-order valence-corrected chi connectivity index (χ4v) is 3.38. The summed E-state index contributed by atoms with van der Waals surface area (Å²) in [7, 11) is 0. The Morgan fingerprint density at radius 1 is 0.852 bits per heavy atom. The number of hydrogen-bond donors (Lipinski definition) is 1. The first-order valence-electron chi connectivity index (χ1n) is 9.56. The van der Waals surface area contributed by atoms with Gasteiger partial charge in [-0.25, -0.2) is 4.98 Å². The molecule has 0 radical (unpaired) electrons. The zero-order chi connectivity index (χ0) is 18.6. The molecule has 0 aliphatic carbocycles. The summed E-state index contributed by atoms with van der Waals surface area (Å²) in [5, 5.41) is 3.59. The lowest BCUT2D eigenvalue weighted by Crippen LogP contribution is -2.14. The van der Waals surface area contributed by atoms with E-state index in [0.717, 1.165) is 30.9 Å². The molecule has 0 unspecified atom stereocenters. The third-order valence-electron chi connectivity index (χ3n) is 5.01. The van der Waals surface area contributed by atoms with Gasteiger partial charge >= 0.3 is 0 Å². The van der Waals surface area contributed by atoms with Gasteiger partial charge < -0.3 is 9.72 Å². The molecule has 27 heavy (non-hydrogen) atoms. The van der Waals surface area contributed by atoms with Gasteiger partial charge in [-0.05, 0) is 36.6 Å². The molecule has 2 heterocycles. The summed E-state index contributed by atoms with van der Waals surface area (Å²) >= 11 is 0. The predicted octanol–water partition coefficient (Wildman–Crippen LogP) is 5.16. The van der Waals surface area contributed by atoms with Crippen LogP contribution >= 0.6 is 0 Å². The Balaban J connectivity index is 1.62. The largest absolute Gasteiger partial charge is 0.307 e. The van der Waals surface area contributed by atoms with Crippen molar-refractivity contribution in [2.45, 2.75) is 33.4 Å². The fraction of sp³-hybridized carbons (Fsp3) is 0.208. The van der Waals surface area contributed by atoms with Crippen LogP contribution in [0.1, 0.15) is 29.3 Å². The topological polar surface area (TPSA) is 29.3 Å². The molecule has 1 N–H and O–H groups in total. The third kappa shape index (κ3) is 3.79. The summed E-state index contributed by atoms with van der Waals surface area (Å²) in [6.45, 7) is 5.91. The summed E-state index contributed by atoms with van der Waals surface area (Å²) in [5.41, 5.74) is 8.34. The van der Waals surface area contributed by atoms with E-state index < -0.39 is 0 Å². The van der Waals surface area contributed by atoms with Gasteiger partial charge in [0.1, 0.15) is 5.65 Å². The Kier molecular flexibility index (Phi) is 5.03. The zero-order valence-electron chi connectivity index (χ0n) is 15.9. The lowest BCUT2D eigenvalue weighted by molar-refractivity contribution is 0.676. The van der Waals surface area contributed by atoms with E-state index in [-0.39, 0.29) is 0 Å². The van der Waals surface area contributed by atoms with Crippen LogP contribution in [-0.2, 0) is 19.5 Å². The average molecular weight is 355 g/mol. The van der Waals surface area contributed by atoms with Gasteiger partial charge in [-0.15, -0.1) is 0 Å². The van der Waals surface area contributed by atoms with E-state index in [4.69, 9.17) is 4.98 Å². The standard InChI is InChI=1S/C24H25N3/c1-3-19-11-13-21(14-12-19)24-22(27-15-5-4-6-23(27)26-24)17-25-16-20-9-7-18(2)8-10-20/h4-15,25H,3,16-17H2,1-2H3. The molecule has 0 amide bonds. The van der Waals surface area contributed by atoms with Crippen LogP contribution in [0.5, 0.6) is 0 Å². The molecule has 4 rings (SSSR count). The second kappa shape index (κ2) is 7.77. The van der Waals surface area contributed by atoms with Gasteiger partial charge in [0, 0.05) is 24.8 Å². The van der Waals surface area contributed by atoms with E-state index in [1.165, 1.54) is 27.9 Å². The average Bonchev–Trinajstić information content (AvgIpc) is 3.08. The normalized spacial score (nSPS) is 11.2. The van der Waals surface area contributed by atoms with Crippen molar-refractivity contribution >= 4 is 5.65 Å². The Labute approximate surface area is 160 Å². The van der Waals surface area contributed by atoms with Gasteiger partial charge in [-0.2, -0.15) is 0 Å². The number of nitrogens with zero attached hydrogens (tertiary/aromatic N) is 2. The molecular formula is C24H25N3. The van der Waals surface area contributed by atoms with Crippen LogP contribution in [0.15, 0.2) is 72.9 Å². The van der Waals surface area contributed by atoms with E-state index in [1.54, 1.807) is 0 Å². The lowest BCUT2D eigenvalue weighted by atomic mass is 10.1. The molecule has 0 fully saturated rings. The molecule has 3 nitrogen and oxygen atoms in total. The molecule has 2 aromatic carbocycles. The van der Waals surface area contributed by atoms with Crippen molar-refractivity contribution in [3.05, 3.63) is 95.3 Å². The van der Waals surface area contributed by atoms with E-state index in [2.05, 4.69) is 90.4 Å². The SMILES string of the molecule is CCc1ccc(-c2nc3ccccn3c2CNCc2ccc(C)cc2)cc1. The number of fused-ring (bicyclic) bond motifs is 1. The zero-order valence-corrected chi connectivity index (χ0v) is 15.9. The minimum Gasteiger partial charge on any atom is -0.307 e. The highest BCUT2D eigenvalue weighted by Crippen LogP contribution is 2.25. The van der Waals surface area contributed by atoms with Crippen LogP contribution < -0.4 is 5.32 Å². The van der Waals surface area contributed by atoms with Crippen LogP contribution in [0, 0.1) is 6.92 Å². The van der Waals surface area contributed by atoms with E-state index in [0.29, 0.717) is 0 Å². The predicted molar refractivity (Wildman–Crippen MR) is 112 cm³/mol. The highest BCUT2D eigenvalue weighted by atomic mass is 15.0. The summed E-state index contributed by atoms with van der Waals surface area (Å²) < 4.78 is 2.19. The molecule has 0 spiro atoms. The maximum absolute atomic E-state index is 4.90. The fourth-order valence-electron chi connectivity index (χ4n) is 3.38. The minimum atomic E-state index is 0.768. The number of rotatable bonds is 6. The monoisotopic (exact) mass is 355 g/mol. The van der Waals surface area contributed by atoms with E-state index in [1.807, 2.05) is 6.07 Å². The van der Waals surface area contributed by atoms with E-state index >= 15 is 0 Å². The van der Waals surface area contributed by atoms with Crippen LogP contribution in [0.25, 0.3) is 16.9 Å².